The molecule has 13 heavy (non-hydrogen) atoms. The zero-order valence-corrected chi connectivity index (χ0v) is 9.63. The van der Waals surface area contributed by atoms with Crippen LogP contribution in [0, 0.1) is 6.92 Å². The zero-order chi connectivity index (χ0) is 9.68. The summed E-state index contributed by atoms with van der Waals surface area (Å²) >= 11 is 3.21. The summed E-state index contributed by atoms with van der Waals surface area (Å²) in [5.74, 6) is 0. The third kappa shape index (κ3) is 3.36. The number of nitrogens with one attached hydrogen (secondary N) is 1. The highest BCUT2D eigenvalue weighted by molar-refractivity contribution is 8.13. The Kier molecular flexibility index (Phi) is 4.24. The Labute approximate surface area is 86.7 Å². The lowest BCUT2D eigenvalue weighted by Crippen LogP contribution is -2.07. The molecule has 0 saturated carbocycles. The van der Waals surface area contributed by atoms with Crippen molar-refractivity contribution in [1.82, 2.24) is 4.98 Å². The van der Waals surface area contributed by atoms with Gasteiger partial charge in [-0.2, -0.15) is 0 Å². The molecule has 0 aliphatic carbocycles. The summed E-state index contributed by atoms with van der Waals surface area (Å²) in [6.07, 6.45) is 2.00. The second-order valence-electron chi connectivity index (χ2n) is 2.40. The van der Waals surface area contributed by atoms with Gasteiger partial charge >= 0.3 is 0 Å². The van der Waals surface area contributed by atoms with Crippen molar-refractivity contribution in [3.8, 4) is 0 Å². The second-order valence-corrected chi connectivity index (χ2v) is 4.06. The number of nitrogens with zero attached hydrogens (tertiary/aromatic N) is 2. The summed E-state index contributed by atoms with van der Waals surface area (Å²) in [4.78, 5) is 8.58. The molecule has 0 spiro atoms. The van der Waals surface area contributed by atoms with Crippen LogP contribution >= 0.6 is 23.1 Å². The van der Waals surface area contributed by atoms with E-state index in [9.17, 15) is 0 Å². The highest BCUT2D eigenvalue weighted by atomic mass is 32.2. The van der Waals surface area contributed by atoms with Gasteiger partial charge < -0.3 is 5.32 Å². The number of hydrogen-bond acceptors (Lipinski definition) is 4. The standard InChI is InChI=1S/C8H13N3S2/c1-4-9-7(12-3)11-8-10-6(2)5-13-8/h5H,4H2,1-3H3,(H,9,10,11). The van der Waals surface area contributed by atoms with Gasteiger partial charge in [0.05, 0.1) is 5.69 Å². The van der Waals surface area contributed by atoms with E-state index in [1.165, 1.54) is 0 Å². The topological polar surface area (TPSA) is 37.3 Å². The summed E-state index contributed by atoms with van der Waals surface area (Å²) in [7, 11) is 0. The zero-order valence-electron chi connectivity index (χ0n) is 8.00. The normalized spacial score (nSPS) is 11.8. The van der Waals surface area contributed by atoms with Gasteiger partial charge in [-0.25, -0.2) is 4.98 Å². The summed E-state index contributed by atoms with van der Waals surface area (Å²) in [5, 5.41) is 7.03. The lowest BCUT2D eigenvalue weighted by molar-refractivity contribution is 1.13. The van der Waals surface area contributed by atoms with Crippen LogP contribution in [0.4, 0.5) is 5.13 Å². The van der Waals surface area contributed by atoms with Gasteiger partial charge in [-0.15, -0.1) is 11.3 Å². The number of rotatable bonds is 2. The van der Waals surface area contributed by atoms with Crippen molar-refractivity contribution in [3.05, 3.63) is 11.1 Å². The molecular weight excluding hydrogens is 202 g/mol. The van der Waals surface area contributed by atoms with E-state index in [4.69, 9.17) is 0 Å². The van der Waals surface area contributed by atoms with Crippen molar-refractivity contribution >= 4 is 33.4 Å². The molecule has 72 valence electrons. The van der Waals surface area contributed by atoms with E-state index in [0.717, 1.165) is 22.5 Å². The molecular formula is C8H13N3S2. The SMILES string of the molecule is CCN=C(Nc1nc(C)cs1)SC. The Morgan fingerprint density at radius 1 is 1.77 bits per heavy atom. The largest absolute Gasteiger partial charge is 0.311 e. The average Bonchev–Trinajstić information content (AvgIpc) is 2.50. The molecule has 0 unspecified atom stereocenters. The minimum absolute atomic E-state index is 0.799. The first kappa shape index (κ1) is 10.5. The molecule has 0 radical (unpaired) electrons. The molecule has 0 fully saturated rings. The first-order valence-corrected chi connectivity index (χ1v) is 6.14. The van der Waals surface area contributed by atoms with Crippen LogP contribution in [0.2, 0.25) is 0 Å². The molecule has 0 aromatic carbocycles. The predicted molar refractivity (Wildman–Crippen MR) is 62.0 cm³/mol. The number of hydrogen-bond donors (Lipinski definition) is 1. The third-order valence-corrected chi connectivity index (χ3v) is 2.82. The summed E-state index contributed by atoms with van der Waals surface area (Å²) in [6.45, 7) is 4.80. The van der Waals surface area contributed by atoms with Crippen LogP contribution < -0.4 is 5.32 Å². The Bertz CT molecular complexity index is 293. The molecule has 1 rings (SSSR count). The second kappa shape index (κ2) is 5.24. The molecule has 0 aliphatic rings. The van der Waals surface area contributed by atoms with Crippen molar-refractivity contribution < 1.29 is 0 Å². The lowest BCUT2D eigenvalue weighted by Gasteiger charge is -2.02. The maximum atomic E-state index is 4.29. The Morgan fingerprint density at radius 3 is 3.00 bits per heavy atom. The smallest absolute Gasteiger partial charge is 0.188 e. The highest BCUT2D eigenvalue weighted by Crippen LogP contribution is 2.16. The van der Waals surface area contributed by atoms with Gasteiger partial charge in [0, 0.05) is 11.9 Å². The molecule has 0 aliphatic heterocycles. The van der Waals surface area contributed by atoms with E-state index in [1.807, 2.05) is 25.5 Å². The van der Waals surface area contributed by atoms with Crippen molar-refractivity contribution in [2.24, 2.45) is 4.99 Å². The number of aliphatic imine (C=N–C) groups is 1. The fourth-order valence-corrected chi connectivity index (χ4v) is 2.01. The third-order valence-electron chi connectivity index (χ3n) is 1.33. The maximum Gasteiger partial charge on any atom is 0.188 e. The van der Waals surface area contributed by atoms with Gasteiger partial charge in [-0.05, 0) is 20.1 Å². The summed E-state index contributed by atoms with van der Waals surface area (Å²) < 4.78 is 0. The van der Waals surface area contributed by atoms with Crippen LogP contribution in [0.1, 0.15) is 12.6 Å². The minimum atomic E-state index is 0.799. The first-order valence-electron chi connectivity index (χ1n) is 4.04. The molecule has 0 atom stereocenters. The van der Waals surface area contributed by atoms with Crippen molar-refractivity contribution in [2.75, 3.05) is 18.1 Å². The van der Waals surface area contributed by atoms with Crippen LogP contribution in [-0.4, -0.2) is 23.0 Å². The molecule has 0 amide bonds. The van der Waals surface area contributed by atoms with Crippen molar-refractivity contribution in [3.63, 3.8) is 0 Å². The van der Waals surface area contributed by atoms with E-state index in [-0.39, 0.29) is 0 Å². The van der Waals surface area contributed by atoms with Gasteiger partial charge in [-0.3, -0.25) is 4.99 Å². The predicted octanol–water partition coefficient (Wildman–Crippen LogP) is 2.60. The van der Waals surface area contributed by atoms with Crippen LogP contribution in [0.25, 0.3) is 0 Å². The molecule has 1 N–H and O–H groups in total. The van der Waals surface area contributed by atoms with Gasteiger partial charge in [-0.1, -0.05) is 11.8 Å². The number of aromatic nitrogens is 1. The first-order chi connectivity index (χ1) is 6.26. The van der Waals surface area contributed by atoms with Crippen molar-refractivity contribution in [2.45, 2.75) is 13.8 Å². The fourth-order valence-electron chi connectivity index (χ4n) is 0.802. The fraction of sp³-hybridized carbons (Fsp3) is 0.500. The average molecular weight is 215 g/mol. The monoisotopic (exact) mass is 215 g/mol. The van der Waals surface area contributed by atoms with E-state index in [0.29, 0.717) is 0 Å². The quantitative estimate of drug-likeness (QED) is 0.608. The Balaban J connectivity index is 2.61. The maximum absolute atomic E-state index is 4.29. The number of anilines is 1. The Morgan fingerprint density at radius 2 is 2.54 bits per heavy atom. The minimum Gasteiger partial charge on any atom is -0.311 e. The Hall–Kier alpha value is -0.550. The lowest BCUT2D eigenvalue weighted by atomic mass is 10.6. The van der Waals surface area contributed by atoms with Crippen LogP contribution in [0.5, 0.6) is 0 Å². The molecule has 1 aromatic rings. The van der Waals surface area contributed by atoms with E-state index in [1.54, 1.807) is 23.1 Å². The van der Waals surface area contributed by atoms with E-state index < -0.39 is 0 Å². The molecule has 5 heteroatoms. The van der Waals surface area contributed by atoms with Gasteiger partial charge in [0.15, 0.2) is 10.3 Å². The number of thiazole rings is 1. The number of aryl methyl sites for hydroxylation is 1. The molecule has 1 heterocycles. The number of amidine groups is 1. The van der Waals surface area contributed by atoms with Gasteiger partial charge in [0.1, 0.15) is 0 Å². The highest BCUT2D eigenvalue weighted by Gasteiger charge is 2.00. The van der Waals surface area contributed by atoms with E-state index in [2.05, 4.69) is 15.3 Å². The number of thioether (sulfide) groups is 1. The van der Waals surface area contributed by atoms with Crippen LogP contribution in [-0.2, 0) is 0 Å². The van der Waals surface area contributed by atoms with E-state index >= 15 is 0 Å². The van der Waals surface area contributed by atoms with Crippen molar-refractivity contribution in [1.29, 1.82) is 0 Å². The van der Waals surface area contributed by atoms with Gasteiger partial charge in [0.2, 0.25) is 0 Å². The van der Waals surface area contributed by atoms with Gasteiger partial charge in [0.25, 0.3) is 0 Å². The van der Waals surface area contributed by atoms with Crippen LogP contribution in [0.3, 0.4) is 0 Å². The molecule has 1 aromatic heterocycles. The van der Waals surface area contributed by atoms with Crippen LogP contribution in [0.15, 0.2) is 10.4 Å². The summed E-state index contributed by atoms with van der Waals surface area (Å²) in [6, 6.07) is 0. The molecule has 3 nitrogen and oxygen atoms in total. The molecule has 0 saturated heterocycles. The molecule has 0 bridgehead atoms. The summed E-state index contributed by atoms with van der Waals surface area (Å²) in [5.41, 5.74) is 1.05.